The van der Waals surface area contributed by atoms with Crippen molar-refractivity contribution in [2.45, 2.75) is 19.1 Å². The molecule has 0 radical (unpaired) electrons. The lowest BCUT2D eigenvalue weighted by Gasteiger charge is -2.39. The molecular formula is C14H16Cl2N4. The van der Waals surface area contributed by atoms with E-state index in [9.17, 15) is 0 Å². The van der Waals surface area contributed by atoms with E-state index in [2.05, 4.69) is 10.3 Å². The second-order valence-corrected chi connectivity index (χ2v) is 5.75. The Morgan fingerprint density at radius 2 is 2.20 bits per heavy atom. The molecule has 2 aliphatic rings. The Kier molecular flexibility index (Phi) is 3.63. The van der Waals surface area contributed by atoms with Gasteiger partial charge >= 0.3 is 0 Å². The highest BCUT2D eigenvalue weighted by molar-refractivity contribution is 6.43. The summed E-state index contributed by atoms with van der Waals surface area (Å²) in [5.74, 6) is 0.882. The summed E-state index contributed by atoms with van der Waals surface area (Å²) in [5, 5.41) is 4.33. The van der Waals surface area contributed by atoms with Gasteiger partial charge in [-0.3, -0.25) is 10.7 Å². The maximum absolute atomic E-state index is 6.38. The largest absolute Gasteiger partial charge is 0.341 e. The van der Waals surface area contributed by atoms with E-state index in [4.69, 9.17) is 28.9 Å². The number of amidine groups is 1. The normalized spacial score (nSPS) is 22.3. The molecule has 0 saturated heterocycles. The summed E-state index contributed by atoms with van der Waals surface area (Å²) in [5.41, 5.74) is 9.20. The molecular weight excluding hydrogens is 295 g/mol. The van der Waals surface area contributed by atoms with E-state index >= 15 is 0 Å². The van der Waals surface area contributed by atoms with Gasteiger partial charge in [0.25, 0.3) is 0 Å². The van der Waals surface area contributed by atoms with Crippen molar-refractivity contribution in [1.29, 1.82) is 0 Å². The number of nitrogens with one attached hydrogen (secondary N) is 1. The first-order chi connectivity index (χ1) is 9.59. The summed E-state index contributed by atoms with van der Waals surface area (Å²) in [7, 11) is 1.95. The summed E-state index contributed by atoms with van der Waals surface area (Å²) in [4.78, 5) is 6.51. The number of fused-ring (bicyclic) bond motifs is 1. The van der Waals surface area contributed by atoms with Crippen LogP contribution in [0, 0.1) is 0 Å². The number of nitrogens with zero attached hydrogens (tertiary/aromatic N) is 2. The van der Waals surface area contributed by atoms with Gasteiger partial charge in [-0.2, -0.15) is 0 Å². The fourth-order valence-electron chi connectivity index (χ4n) is 2.65. The highest BCUT2D eigenvalue weighted by Gasteiger charge is 2.30. The van der Waals surface area contributed by atoms with Crippen molar-refractivity contribution in [3.05, 3.63) is 39.4 Å². The topological polar surface area (TPSA) is 53.6 Å². The van der Waals surface area contributed by atoms with Gasteiger partial charge in [0.2, 0.25) is 0 Å². The Bertz CT molecular complexity index is 609. The van der Waals surface area contributed by atoms with Crippen molar-refractivity contribution >= 4 is 34.7 Å². The predicted molar refractivity (Wildman–Crippen MR) is 83.8 cm³/mol. The minimum atomic E-state index is -0.319. The zero-order chi connectivity index (χ0) is 14.3. The monoisotopic (exact) mass is 310 g/mol. The van der Waals surface area contributed by atoms with Crippen LogP contribution in [0.1, 0.15) is 18.4 Å². The Morgan fingerprint density at radius 1 is 1.40 bits per heavy atom. The molecule has 3 rings (SSSR count). The second kappa shape index (κ2) is 5.28. The lowest BCUT2D eigenvalue weighted by molar-refractivity contribution is 0.323. The van der Waals surface area contributed by atoms with Crippen molar-refractivity contribution in [3.63, 3.8) is 0 Å². The average molecular weight is 311 g/mol. The summed E-state index contributed by atoms with van der Waals surface area (Å²) in [6, 6.07) is 5.66. The highest BCUT2D eigenvalue weighted by atomic mass is 35.5. The minimum absolute atomic E-state index is 0.319. The van der Waals surface area contributed by atoms with Crippen LogP contribution in [0.15, 0.2) is 28.8 Å². The first kappa shape index (κ1) is 13.7. The standard InChI is InChI=1S/C14H16Cl2N4/c1-20-12(8-4-2-6-10(15)11(8)16)9-5-3-7-18-13(9)19-14(20)17/h2,4,6,14H,3,5,7,17H2,1H3,(H,18,19). The van der Waals surface area contributed by atoms with Crippen molar-refractivity contribution in [3.8, 4) is 0 Å². The molecule has 1 unspecified atom stereocenters. The number of benzene rings is 1. The van der Waals surface area contributed by atoms with Crippen LogP contribution in [0.5, 0.6) is 0 Å². The Hall–Kier alpha value is -1.23. The Morgan fingerprint density at radius 3 is 3.00 bits per heavy atom. The molecule has 0 saturated carbocycles. The molecule has 20 heavy (non-hydrogen) atoms. The van der Waals surface area contributed by atoms with E-state index in [-0.39, 0.29) is 6.29 Å². The molecule has 2 heterocycles. The summed E-state index contributed by atoms with van der Waals surface area (Å²) >= 11 is 12.5. The first-order valence-corrected chi connectivity index (χ1v) is 7.32. The lowest BCUT2D eigenvalue weighted by atomic mass is 9.96. The van der Waals surface area contributed by atoms with E-state index in [1.807, 2.05) is 24.1 Å². The summed E-state index contributed by atoms with van der Waals surface area (Å²) in [6.07, 6.45) is 1.67. The van der Waals surface area contributed by atoms with Crippen LogP contribution in [-0.2, 0) is 0 Å². The van der Waals surface area contributed by atoms with Gasteiger partial charge < -0.3 is 10.2 Å². The van der Waals surface area contributed by atoms with Gasteiger partial charge in [-0.15, -0.1) is 0 Å². The molecule has 3 N–H and O–H groups in total. The fraction of sp³-hybridized carbons (Fsp3) is 0.357. The third-order valence-corrected chi connectivity index (χ3v) is 4.51. The third kappa shape index (κ3) is 2.18. The number of hydrogen-bond donors (Lipinski definition) is 2. The second-order valence-electron chi connectivity index (χ2n) is 4.96. The third-order valence-electron chi connectivity index (χ3n) is 3.69. The molecule has 0 aromatic heterocycles. The predicted octanol–water partition coefficient (Wildman–Crippen LogP) is 2.67. The molecule has 0 aliphatic carbocycles. The van der Waals surface area contributed by atoms with Crippen LogP contribution in [0.3, 0.4) is 0 Å². The maximum atomic E-state index is 6.38. The zero-order valence-electron chi connectivity index (χ0n) is 11.2. The van der Waals surface area contributed by atoms with Gasteiger partial charge in [0.15, 0.2) is 6.29 Å². The van der Waals surface area contributed by atoms with Gasteiger partial charge in [0.05, 0.1) is 15.7 Å². The molecule has 0 spiro atoms. The van der Waals surface area contributed by atoms with E-state index in [1.54, 1.807) is 6.07 Å². The number of rotatable bonds is 1. The Balaban J connectivity index is 2.22. The Labute approximate surface area is 128 Å². The van der Waals surface area contributed by atoms with Crippen LogP contribution in [0.4, 0.5) is 0 Å². The van der Waals surface area contributed by atoms with Crippen LogP contribution in [0.2, 0.25) is 10.0 Å². The van der Waals surface area contributed by atoms with Crippen LogP contribution in [-0.4, -0.2) is 30.6 Å². The minimum Gasteiger partial charge on any atom is -0.341 e. The van der Waals surface area contributed by atoms with Crippen molar-refractivity contribution < 1.29 is 0 Å². The zero-order valence-corrected chi connectivity index (χ0v) is 12.7. The summed E-state index contributed by atoms with van der Waals surface area (Å²) < 4.78 is 0. The molecule has 0 fully saturated rings. The van der Waals surface area contributed by atoms with E-state index < -0.39 is 0 Å². The van der Waals surface area contributed by atoms with Crippen LogP contribution in [0.25, 0.3) is 5.70 Å². The quantitative estimate of drug-likeness (QED) is 0.838. The van der Waals surface area contributed by atoms with Crippen molar-refractivity contribution in [1.82, 2.24) is 10.2 Å². The van der Waals surface area contributed by atoms with Crippen molar-refractivity contribution in [2.75, 3.05) is 13.6 Å². The van der Waals surface area contributed by atoms with Crippen molar-refractivity contribution in [2.24, 2.45) is 10.7 Å². The summed E-state index contributed by atoms with van der Waals surface area (Å²) in [6.45, 7) is 0.832. The molecule has 1 aromatic rings. The molecule has 6 heteroatoms. The maximum Gasteiger partial charge on any atom is 0.153 e. The molecule has 0 bridgehead atoms. The van der Waals surface area contributed by atoms with E-state index in [0.717, 1.165) is 42.1 Å². The SMILES string of the molecule is CN1C(c2cccc(Cl)c2Cl)=C2CCCN=C2NC1N. The van der Waals surface area contributed by atoms with Gasteiger partial charge in [0.1, 0.15) is 5.84 Å². The van der Waals surface area contributed by atoms with Crippen LogP contribution < -0.4 is 11.1 Å². The molecule has 1 aromatic carbocycles. The molecule has 4 nitrogen and oxygen atoms in total. The molecule has 1 atom stereocenters. The van der Waals surface area contributed by atoms with Gasteiger partial charge in [-0.1, -0.05) is 35.3 Å². The number of nitrogens with two attached hydrogens (primary N) is 1. The van der Waals surface area contributed by atoms with E-state index in [0.29, 0.717) is 10.0 Å². The van der Waals surface area contributed by atoms with Crippen LogP contribution >= 0.6 is 23.2 Å². The first-order valence-electron chi connectivity index (χ1n) is 6.57. The number of halogens is 2. The smallest absolute Gasteiger partial charge is 0.153 e. The number of hydrogen-bond acceptors (Lipinski definition) is 4. The molecule has 2 aliphatic heterocycles. The average Bonchev–Trinajstić information content (AvgIpc) is 2.44. The molecule has 106 valence electrons. The molecule has 0 amide bonds. The highest BCUT2D eigenvalue weighted by Crippen LogP contribution is 2.37. The van der Waals surface area contributed by atoms with Gasteiger partial charge in [-0.25, -0.2) is 0 Å². The fourth-order valence-corrected chi connectivity index (χ4v) is 3.04. The lowest BCUT2D eigenvalue weighted by Crippen LogP contribution is -2.56. The number of aliphatic imine (C=N–C) groups is 1. The van der Waals surface area contributed by atoms with Gasteiger partial charge in [-0.05, 0) is 18.9 Å². The van der Waals surface area contributed by atoms with E-state index in [1.165, 1.54) is 0 Å². The van der Waals surface area contributed by atoms with Gasteiger partial charge in [0, 0.05) is 24.7 Å².